The van der Waals surface area contributed by atoms with Gasteiger partial charge in [-0.05, 0) is 18.9 Å². The van der Waals surface area contributed by atoms with E-state index in [9.17, 15) is 28.4 Å². The highest BCUT2D eigenvalue weighted by atomic mass is 32.2. The molecule has 0 aliphatic carbocycles. The second-order valence-corrected chi connectivity index (χ2v) is 6.71. The van der Waals surface area contributed by atoms with Gasteiger partial charge < -0.3 is 9.90 Å². The van der Waals surface area contributed by atoms with E-state index < -0.39 is 26.8 Å². The molecule has 0 unspecified atom stereocenters. The third-order valence-electron chi connectivity index (χ3n) is 3.38. The number of carboxylic acid groups (broad SMARTS) is 1. The van der Waals surface area contributed by atoms with Gasteiger partial charge in [-0.1, -0.05) is 6.07 Å². The van der Waals surface area contributed by atoms with Gasteiger partial charge >= 0.3 is 0 Å². The molecule has 21 heavy (non-hydrogen) atoms. The minimum absolute atomic E-state index is 0.173. The van der Waals surface area contributed by atoms with Crippen molar-refractivity contribution in [3.05, 3.63) is 34.4 Å². The molecule has 9 heteroatoms. The number of non-ortho nitro benzene ring substituents is 1. The summed E-state index contributed by atoms with van der Waals surface area (Å²) in [6.45, 7) is 0.0160. The Morgan fingerprint density at radius 1 is 1.38 bits per heavy atom. The molecule has 1 heterocycles. The number of benzene rings is 1. The SMILES string of the molecule is O=C([O-])[C@@H]1CCCN(S(=O)(=O)c2cccc([N+](=O)[O-])c2)C1. The summed E-state index contributed by atoms with van der Waals surface area (Å²) in [6, 6.07) is 4.70. The zero-order valence-corrected chi connectivity index (χ0v) is 11.8. The van der Waals surface area contributed by atoms with Crippen molar-refractivity contribution in [2.75, 3.05) is 13.1 Å². The summed E-state index contributed by atoms with van der Waals surface area (Å²) in [5, 5.41) is 21.6. The van der Waals surface area contributed by atoms with Crippen molar-refractivity contribution in [2.45, 2.75) is 17.7 Å². The first kappa shape index (κ1) is 15.4. The topological polar surface area (TPSA) is 121 Å². The smallest absolute Gasteiger partial charge is 0.270 e. The van der Waals surface area contributed by atoms with Crippen LogP contribution in [0, 0.1) is 16.0 Å². The van der Waals surface area contributed by atoms with E-state index in [4.69, 9.17) is 0 Å². The molecule has 1 saturated heterocycles. The highest BCUT2D eigenvalue weighted by Crippen LogP contribution is 2.25. The molecule has 1 aliphatic rings. The van der Waals surface area contributed by atoms with Crippen molar-refractivity contribution >= 4 is 21.7 Å². The summed E-state index contributed by atoms with van der Waals surface area (Å²) in [4.78, 5) is 20.7. The molecule has 0 spiro atoms. The number of carboxylic acids is 1. The normalized spacial score (nSPS) is 20.1. The monoisotopic (exact) mass is 313 g/mol. The van der Waals surface area contributed by atoms with E-state index in [1.165, 1.54) is 18.2 Å². The van der Waals surface area contributed by atoms with Gasteiger partial charge in [-0.2, -0.15) is 4.31 Å². The molecule has 0 amide bonds. The van der Waals surface area contributed by atoms with Gasteiger partial charge in [0.25, 0.3) is 5.69 Å². The number of aliphatic carboxylic acids is 1. The van der Waals surface area contributed by atoms with Crippen molar-refractivity contribution in [1.29, 1.82) is 0 Å². The second-order valence-electron chi connectivity index (χ2n) is 4.78. The van der Waals surface area contributed by atoms with Crippen LogP contribution >= 0.6 is 0 Å². The van der Waals surface area contributed by atoms with Gasteiger partial charge in [0, 0.05) is 37.1 Å². The Hall–Kier alpha value is -2.00. The third kappa shape index (κ3) is 3.19. The number of hydrogen-bond donors (Lipinski definition) is 0. The number of nitrogens with zero attached hydrogens (tertiary/aromatic N) is 2. The molecule has 1 atom stereocenters. The van der Waals surface area contributed by atoms with E-state index in [0.29, 0.717) is 12.8 Å². The Bertz CT molecular complexity index is 672. The number of nitro benzene ring substituents is 1. The van der Waals surface area contributed by atoms with Crippen LogP contribution in [-0.4, -0.2) is 36.7 Å². The van der Waals surface area contributed by atoms with Gasteiger partial charge in [-0.3, -0.25) is 10.1 Å². The van der Waals surface area contributed by atoms with Crippen molar-refractivity contribution in [3.63, 3.8) is 0 Å². The van der Waals surface area contributed by atoms with E-state index in [-0.39, 0.29) is 23.7 Å². The fourth-order valence-corrected chi connectivity index (χ4v) is 3.82. The Labute approximate surface area is 121 Å². The molecular formula is C12H13N2O6S-. The summed E-state index contributed by atoms with van der Waals surface area (Å²) in [7, 11) is -3.95. The lowest BCUT2D eigenvalue weighted by Gasteiger charge is -2.32. The molecule has 2 rings (SSSR count). The van der Waals surface area contributed by atoms with Crippen LogP contribution in [0.2, 0.25) is 0 Å². The van der Waals surface area contributed by atoms with E-state index in [0.717, 1.165) is 10.4 Å². The molecular weight excluding hydrogens is 300 g/mol. The quantitative estimate of drug-likeness (QED) is 0.558. The molecule has 1 fully saturated rings. The van der Waals surface area contributed by atoms with Crippen LogP contribution in [0.15, 0.2) is 29.2 Å². The van der Waals surface area contributed by atoms with Crippen LogP contribution in [0.4, 0.5) is 5.69 Å². The number of hydrogen-bond acceptors (Lipinski definition) is 6. The maximum atomic E-state index is 12.4. The minimum Gasteiger partial charge on any atom is -0.550 e. The number of carbonyl (C=O) groups excluding carboxylic acids is 1. The van der Waals surface area contributed by atoms with Crippen LogP contribution in [-0.2, 0) is 14.8 Å². The van der Waals surface area contributed by atoms with Crippen molar-refractivity contribution in [1.82, 2.24) is 4.31 Å². The second kappa shape index (κ2) is 5.78. The fraction of sp³-hybridized carbons (Fsp3) is 0.417. The number of piperidine rings is 1. The Morgan fingerprint density at radius 2 is 2.10 bits per heavy atom. The predicted molar refractivity (Wildman–Crippen MR) is 69.6 cm³/mol. The number of rotatable bonds is 4. The summed E-state index contributed by atoms with van der Waals surface area (Å²) in [5.41, 5.74) is -0.329. The lowest BCUT2D eigenvalue weighted by molar-refractivity contribution is -0.385. The molecule has 114 valence electrons. The standard InChI is InChI=1S/C12H14N2O6S/c15-12(16)9-3-2-6-13(8-9)21(19,20)11-5-1-4-10(7-11)14(17)18/h1,4-5,7,9H,2-3,6,8H2,(H,15,16)/p-1/t9-/m1/s1. The van der Waals surface area contributed by atoms with Gasteiger partial charge in [0.15, 0.2) is 0 Å². The molecule has 1 aromatic carbocycles. The summed E-state index contributed by atoms with van der Waals surface area (Å²) in [5.74, 6) is -2.14. The van der Waals surface area contributed by atoms with E-state index >= 15 is 0 Å². The van der Waals surface area contributed by atoms with Crippen molar-refractivity contribution in [2.24, 2.45) is 5.92 Å². The van der Waals surface area contributed by atoms with Crippen molar-refractivity contribution < 1.29 is 23.2 Å². The number of carbonyl (C=O) groups is 1. The maximum absolute atomic E-state index is 12.4. The lowest BCUT2D eigenvalue weighted by Crippen LogP contribution is -2.46. The summed E-state index contributed by atoms with van der Waals surface area (Å²) < 4.78 is 25.9. The average Bonchev–Trinajstić information content (AvgIpc) is 2.47. The molecule has 8 nitrogen and oxygen atoms in total. The van der Waals surface area contributed by atoms with Gasteiger partial charge in [0.2, 0.25) is 10.0 Å². The maximum Gasteiger partial charge on any atom is 0.270 e. The van der Waals surface area contributed by atoms with Gasteiger partial charge in [0.1, 0.15) is 0 Å². The van der Waals surface area contributed by atoms with Crippen molar-refractivity contribution in [3.8, 4) is 0 Å². The first-order chi connectivity index (χ1) is 9.82. The summed E-state index contributed by atoms with van der Waals surface area (Å²) in [6.07, 6.45) is 0.774. The minimum atomic E-state index is -3.95. The molecule has 0 aromatic heterocycles. The van der Waals surface area contributed by atoms with Gasteiger partial charge in [-0.25, -0.2) is 8.42 Å². The fourth-order valence-electron chi connectivity index (χ4n) is 2.26. The van der Waals surface area contributed by atoms with Gasteiger partial charge in [-0.15, -0.1) is 0 Å². The summed E-state index contributed by atoms with van der Waals surface area (Å²) >= 11 is 0. The highest BCUT2D eigenvalue weighted by Gasteiger charge is 2.31. The zero-order chi connectivity index (χ0) is 15.6. The zero-order valence-electron chi connectivity index (χ0n) is 11.0. The third-order valence-corrected chi connectivity index (χ3v) is 5.24. The molecule has 0 saturated carbocycles. The molecule has 0 N–H and O–H groups in total. The van der Waals surface area contributed by atoms with Crippen LogP contribution in [0.25, 0.3) is 0 Å². The predicted octanol–water partition coefficient (Wildman–Crippen LogP) is -0.255. The molecule has 0 bridgehead atoms. The first-order valence-electron chi connectivity index (χ1n) is 6.28. The van der Waals surface area contributed by atoms with Crippen LogP contribution in [0.1, 0.15) is 12.8 Å². The van der Waals surface area contributed by atoms with E-state index in [1.807, 2.05) is 0 Å². The molecule has 1 aliphatic heterocycles. The molecule has 1 aromatic rings. The van der Waals surface area contributed by atoms with Gasteiger partial charge in [0.05, 0.1) is 9.82 Å². The van der Waals surface area contributed by atoms with Crippen LogP contribution in [0.5, 0.6) is 0 Å². The number of sulfonamides is 1. The van der Waals surface area contributed by atoms with E-state index in [1.54, 1.807) is 0 Å². The lowest BCUT2D eigenvalue weighted by atomic mass is 10.0. The average molecular weight is 313 g/mol. The van der Waals surface area contributed by atoms with Crippen LogP contribution < -0.4 is 5.11 Å². The molecule has 0 radical (unpaired) electrons. The Morgan fingerprint density at radius 3 is 2.71 bits per heavy atom. The van der Waals surface area contributed by atoms with E-state index in [2.05, 4.69) is 0 Å². The largest absolute Gasteiger partial charge is 0.550 e. The Kier molecular flexibility index (Phi) is 4.24. The first-order valence-corrected chi connectivity index (χ1v) is 7.72. The van der Waals surface area contributed by atoms with Crippen LogP contribution in [0.3, 0.4) is 0 Å². The Balaban J connectivity index is 2.31. The highest BCUT2D eigenvalue weighted by molar-refractivity contribution is 7.89. The number of nitro groups is 1.